The van der Waals surface area contributed by atoms with Gasteiger partial charge in [0.05, 0.1) is 27.6 Å². The van der Waals surface area contributed by atoms with Crippen LogP contribution in [0.15, 0.2) is 60.9 Å². The summed E-state index contributed by atoms with van der Waals surface area (Å²) < 4.78 is 2.24. The van der Waals surface area contributed by atoms with E-state index >= 15 is 0 Å². The number of hydrogen-bond donors (Lipinski definition) is 1. The normalized spacial score (nSPS) is 10.8. The van der Waals surface area contributed by atoms with Crippen molar-refractivity contribution in [3.05, 3.63) is 81.0 Å². The molecule has 0 aliphatic carbocycles. The van der Waals surface area contributed by atoms with Crippen molar-refractivity contribution < 1.29 is 4.79 Å². The average molecular weight is 430 g/mol. The molecule has 4 rings (SSSR count). The van der Waals surface area contributed by atoms with E-state index in [1.165, 1.54) is 11.3 Å². The molecule has 140 valence electrons. The maximum absolute atomic E-state index is 12.1. The first kappa shape index (κ1) is 18.6. The number of thiophene rings is 1. The lowest BCUT2D eigenvalue weighted by Gasteiger charge is -2.04. The third-order valence-corrected chi connectivity index (χ3v) is 5.41. The van der Waals surface area contributed by atoms with E-state index in [1.807, 2.05) is 30.3 Å². The Morgan fingerprint density at radius 2 is 1.82 bits per heavy atom. The van der Waals surface area contributed by atoms with Crippen LogP contribution >= 0.6 is 34.5 Å². The molecule has 0 fully saturated rings. The fourth-order valence-corrected chi connectivity index (χ4v) is 3.62. The molecule has 0 aliphatic heterocycles. The van der Waals surface area contributed by atoms with Crippen LogP contribution in [-0.4, -0.2) is 25.9 Å². The van der Waals surface area contributed by atoms with Crippen LogP contribution in [0, 0.1) is 0 Å². The Balaban J connectivity index is 1.42. The zero-order chi connectivity index (χ0) is 19.5. The topological polar surface area (TPSA) is 72.7 Å². The highest BCUT2D eigenvalue weighted by Crippen LogP contribution is 2.22. The lowest BCUT2D eigenvalue weighted by Crippen LogP contribution is -2.21. The molecule has 0 saturated heterocycles. The van der Waals surface area contributed by atoms with E-state index in [0.717, 1.165) is 16.8 Å². The maximum Gasteiger partial charge on any atom is 0.261 e. The van der Waals surface area contributed by atoms with Crippen LogP contribution in [0.2, 0.25) is 9.49 Å². The molecule has 28 heavy (non-hydrogen) atoms. The van der Waals surface area contributed by atoms with Crippen molar-refractivity contribution >= 4 is 40.4 Å². The van der Waals surface area contributed by atoms with Gasteiger partial charge in [0.1, 0.15) is 10.8 Å². The van der Waals surface area contributed by atoms with Crippen molar-refractivity contribution in [1.29, 1.82) is 0 Å². The van der Waals surface area contributed by atoms with Crippen LogP contribution in [0.25, 0.3) is 16.8 Å². The number of carbonyl (C=O) groups excluding carboxylic acids is 1. The largest absolute Gasteiger partial charge is 0.346 e. The minimum atomic E-state index is -0.188. The van der Waals surface area contributed by atoms with Gasteiger partial charge in [-0.2, -0.15) is 0 Å². The molecule has 3 heterocycles. The fraction of sp³-hybridized carbons (Fsp3) is 0.0526. The number of pyridine rings is 1. The van der Waals surface area contributed by atoms with Gasteiger partial charge in [-0.3, -0.25) is 4.79 Å². The Kier molecular flexibility index (Phi) is 5.38. The van der Waals surface area contributed by atoms with Gasteiger partial charge in [0.2, 0.25) is 0 Å². The van der Waals surface area contributed by atoms with Gasteiger partial charge in [-0.1, -0.05) is 40.5 Å². The molecule has 1 aromatic carbocycles. The summed E-state index contributed by atoms with van der Waals surface area (Å²) in [6, 6.07) is 14.9. The van der Waals surface area contributed by atoms with E-state index in [0.29, 0.717) is 20.1 Å². The number of aromatic nitrogens is 4. The highest BCUT2D eigenvalue weighted by Gasteiger charge is 2.10. The zero-order valence-corrected chi connectivity index (χ0v) is 16.7. The summed E-state index contributed by atoms with van der Waals surface area (Å²) in [5, 5.41) is 11.5. The fourth-order valence-electron chi connectivity index (χ4n) is 2.55. The molecule has 0 radical (unpaired) electrons. The van der Waals surface area contributed by atoms with Crippen LogP contribution in [0.3, 0.4) is 0 Å². The number of nitrogens with one attached hydrogen (secondary N) is 1. The number of halogens is 2. The number of rotatable bonds is 5. The third kappa shape index (κ3) is 4.22. The molecular formula is C19H13Cl2N5OS. The van der Waals surface area contributed by atoms with E-state index in [9.17, 15) is 4.79 Å². The Hall–Kier alpha value is -2.74. The second kappa shape index (κ2) is 8.10. The summed E-state index contributed by atoms with van der Waals surface area (Å²) in [6.07, 6.45) is 3.51. The minimum Gasteiger partial charge on any atom is -0.346 e. The molecular weight excluding hydrogens is 417 g/mol. The lowest BCUT2D eigenvalue weighted by atomic mass is 10.1. The van der Waals surface area contributed by atoms with Gasteiger partial charge < -0.3 is 5.32 Å². The quantitative estimate of drug-likeness (QED) is 0.469. The molecule has 3 aromatic heterocycles. The molecule has 6 nitrogen and oxygen atoms in total. The second-order valence-corrected chi connectivity index (χ2v) is 7.96. The number of amides is 1. The summed E-state index contributed by atoms with van der Waals surface area (Å²) in [4.78, 5) is 16.7. The third-order valence-electron chi connectivity index (χ3n) is 3.96. The lowest BCUT2D eigenvalue weighted by molar-refractivity contribution is 0.0954. The molecule has 1 amide bonds. The molecule has 0 spiro atoms. The predicted octanol–water partition coefficient (Wildman–Crippen LogP) is 4.63. The maximum atomic E-state index is 12.1. The van der Waals surface area contributed by atoms with Crippen LogP contribution in [-0.2, 0) is 6.54 Å². The van der Waals surface area contributed by atoms with Crippen LogP contribution in [0.5, 0.6) is 0 Å². The summed E-state index contributed by atoms with van der Waals surface area (Å²) >= 11 is 12.9. The summed E-state index contributed by atoms with van der Waals surface area (Å²) in [5.74, 6) is -0.188. The van der Waals surface area contributed by atoms with Crippen molar-refractivity contribution in [2.75, 3.05) is 0 Å². The first-order valence-electron chi connectivity index (χ1n) is 8.25. The molecule has 0 saturated carbocycles. The first-order chi connectivity index (χ1) is 13.6. The molecule has 0 unspecified atom stereocenters. The van der Waals surface area contributed by atoms with E-state index in [4.69, 9.17) is 23.2 Å². The van der Waals surface area contributed by atoms with E-state index in [-0.39, 0.29) is 12.5 Å². The molecule has 0 atom stereocenters. The number of nitrogens with zero attached hydrogens (tertiary/aromatic N) is 4. The number of hydrogen-bond acceptors (Lipinski definition) is 5. The first-order valence-corrected chi connectivity index (χ1v) is 9.83. The number of carbonyl (C=O) groups is 1. The highest BCUT2D eigenvalue weighted by atomic mass is 35.5. The van der Waals surface area contributed by atoms with Gasteiger partial charge in [-0.15, -0.1) is 16.4 Å². The molecule has 4 aromatic rings. The summed E-state index contributed by atoms with van der Waals surface area (Å²) in [6.45, 7) is 0.281. The molecule has 0 bridgehead atoms. The van der Waals surface area contributed by atoms with Crippen LogP contribution < -0.4 is 5.32 Å². The van der Waals surface area contributed by atoms with Gasteiger partial charge in [0.15, 0.2) is 0 Å². The van der Waals surface area contributed by atoms with Gasteiger partial charge in [-0.05, 0) is 42.0 Å². The monoisotopic (exact) mass is 429 g/mol. The van der Waals surface area contributed by atoms with E-state index < -0.39 is 0 Å². The molecule has 9 heteroatoms. The smallest absolute Gasteiger partial charge is 0.261 e. The molecule has 1 N–H and O–H groups in total. The van der Waals surface area contributed by atoms with Crippen molar-refractivity contribution in [3.63, 3.8) is 0 Å². The Bertz CT molecular complexity index is 1110. The standard InChI is InChI=1S/C19H13Cl2N5OS/c20-17-7-3-13(9-22-17)12-1-4-15(5-2-12)26-11-14(24-25-26)10-23-19(27)16-6-8-18(21)28-16/h1-9,11H,10H2,(H,23,27). The number of benzene rings is 1. The van der Waals surface area contributed by atoms with Gasteiger partial charge in [0, 0.05) is 11.8 Å². The zero-order valence-electron chi connectivity index (χ0n) is 14.3. The van der Waals surface area contributed by atoms with Gasteiger partial charge in [-0.25, -0.2) is 9.67 Å². The Morgan fingerprint density at radius 1 is 1.04 bits per heavy atom. The van der Waals surface area contributed by atoms with Crippen LogP contribution in [0.1, 0.15) is 15.4 Å². The molecule has 0 aliphatic rings. The average Bonchev–Trinajstić information content (AvgIpc) is 3.36. The van der Waals surface area contributed by atoms with Crippen molar-refractivity contribution in [2.24, 2.45) is 0 Å². The van der Waals surface area contributed by atoms with Crippen molar-refractivity contribution in [2.45, 2.75) is 6.54 Å². The van der Waals surface area contributed by atoms with Crippen molar-refractivity contribution in [3.8, 4) is 16.8 Å². The Labute approximate surface area is 174 Å². The van der Waals surface area contributed by atoms with Gasteiger partial charge in [0.25, 0.3) is 5.91 Å². The summed E-state index contributed by atoms with van der Waals surface area (Å²) in [5.41, 5.74) is 3.52. The minimum absolute atomic E-state index is 0.188. The SMILES string of the molecule is O=C(NCc1cn(-c2ccc(-c3ccc(Cl)nc3)cc2)nn1)c1ccc(Cl)s1. The van der Waals surface area contributed by atoms with E-state index in [2.05, 4.69) is 20.6 Å². The predicted molar refractivity (Wildman–Crippen MR) is 110 cm³/mol. The summed E-state index contributed by atoms with van der Waals surface area (Å²) in [7, 11) is 0. The Morgan fingerprint density at radius 3 is 2.50 bits per heavy atom. The van der Waals surface area contributed by atoms with E-state index in [1.54, 1.807) is 35.3 Å². The second-order valence-electron chi connectivity index (χ2n) is 5.86. The van der Waals surface area contributed by atoms with Gasteiger partial charge >= 0.3 is 0 Å². The highest BCUT2D eigenvalue weighted by molar-refractivity contribution is 7.17. The van der Waals surface area contributed by atoms with Crippen LogP contribution in [0.4, 0.5) is 0 Å². The van der Waals surface area contributed by atoms with Crippen molar-refractivity contribution in [1.82, 2.24) is 25.3 Å².